The zero-order valence-corrected chi connectivity index (χ0v) is 31.0. The third-order valence-electron chi connectivity index (χ3n) is 8.16. The third-order valence-corrected chi connectivity index (χ3v) is 9.62. The van der Waals surface area contributed by atoms with Crippen LogP contribution < -0.4 is 15.3 Å². The van der Waals surface area contributed by atoms with Gasteiger partial charge in [-0.05, 0) is 30.2 Å². The van der Waals surface area contributed by atoms with Crippen molar-refractivity contribution in [2.75, 3.05) is 39.3 Å². The van der Waals surface area contributed by atoms with Gasteiger partial charge in [-0.1, -0.05) is 72.6 Å². The molecule has 0 fully saturated rings. The van der Waals surface area contributed by atoms with Gasteiger partial charge in [0, 0.05) is 7.11 Å². The minimum Gasteiger partial charge on any atom is -0.464 e. The summed E-state index contributed by atoms with van der Waals surface area (Å²) in [5.41, 5.74) is 4.22. The molecule has 0 amide bonds. The van der Waals surface area contributed by atoms with Gasteiger partial charge in [0.05, 0.1) is 30.7 Å². The highest BCUT2D eigenvalue weighted by Crippen LogP contribution is 2.46. The van der Waals surface area contributed by atoms with E-state index in [-0.39, 0.29) is 29.8 Å². The number of carbonyl (C=O) groups excluding carboxylic acids is 3. The maximum Gasteiger partial charge on any atom is 0.459 e. The van der Waals surface area contributed by atoms with Gasteiger partial charge in [-0.2, -0.15) is 5.10 Å². The highest BCUT2D eigenvalue weighted by Gasteiger charge is 2.52. The monoisotopic (exact) mass is 737 g/mol. The van der Waals surface area contributed by atoms with Gasteiger partial charge in [0.15, 0.2) is 23.6 Å². The first-order chi connectivity index (χ1) is 24.2. The zero-order chi connectivity index (χ0) is 37.8. The number of ether oxygens (including phenoxy) is 4. The summed E-state index contributed by atoms with van der Waals surface area (Å²) in [7, 11) is -3.41. The Labute approximate surface area is 297 Å². The van der Waals surface area contributed by atoms with E-state index in [4.69, 9.17) is 33.7 Å². The molecule has 2 heterocycles. The molecule has 0 aliphatic carbocycles. The number of rotatable bonds is 21. The van der Waals surface area contributed by atoms with Gasteiger partial charge in [0.1, 0.15) is 30.8 Å². The van der Waals surface area contributed by atoms with Crippen LogP contribution in [0.5, 0.6) is 5.75 Å². The number of fused-ring (bicyclic) bond motifs is 1. The lowest BCUT2D eigenvalue weighted by atomic mass is 9.91. The molecular formula is C34H49FN5O10P. The number of alkyl halides is 1. The molecule has 2 aromatic heterocycles. The van der Waals surface area contributed by atoms with Crippen molar-refractivity contribution in [3.05, 3.63) is 54.5 Å². The van der Waals surface area contributed by atoms with Gasteiger partial charge < -0.3 is 29.2 Å². The fourth-order valence-electron chi connectivity index (χ4n) is 4.73. The summed E-state index contributed by atoms with van der Waals surface area (Å²) in [6, 6.07) is 11.0. The number of aromatic nitrogens is 3. The standard InChI is InChI=1S/C34H49FN5O10P/c1-8-24(9-2)18-46-28(41)17-39-51(44,50-25-13-11-10-12-14-25)47-20-34(19-35,45-7)30(49-33(43)23(5)6)29(48-32(42)22(3)4)26-15-16-27-31(36)37-21-38-40(26)27/h10-16,21-24,29-30H,8-9,17-20H2,1-7H3,(H,39,44)(H2,36,37,38)/t29-,30-,34+,51-/m0/s1. The van der Waals surface area contributed by atoms with E-state index in [0.717, 1.165) is 20.0 Å². The summed E-state index contributed by atoms with van der Waals surface area (Å²) in [4.78, 5) is 43.1. The molecule has 0 saturated heterocycles. The highest BCUT2D eigenvalue weighted by molar-refractivity contribution is 7.52. The van der Waals surface area contributed by atoms with E-state index < -0.39 is 75.1 Å². The number of methoxy groups -OCH3 is 1. The number of anilines is 1. The molecule has 3 aromatic rings. The fraction of sp³-hybridized carbons (Fsp3) is 0.559. The SMILES string of the molecule is CCC(CC)COC(=O)CN[P@](=O)(OC[C@@](CF)(OC)[C@@H](OC(=O)C(C)C)[C@@H](OC(=O)C(C)C)c1ccc2c(N)ncnn12)Oc1ccccc1. The van der Waals surface area contributed by atoms with E-state index in [1.165, 1.54) is 29.0 Å². The number of esters is 3. The van der Waals surface area contributed by atoms with Crippen molar-refractivity contribution in [3.8, 4) is 5.75 Å². The number of para-hydroxylation sites is 1. The Bertz CT molecular complexity index is 1630. The minimum atomic E-state index is -4.54. The Kier molecular flexibility index (Phi) is 15.3. The second-order valence-corrected chi connectivity index (χ2v) is 14.3. The van der Waals surface area contributed by atoms with Gasteiger partial charge in [0.25, 0.3) is 0 Å². The second-order valence-electron chi connectivity index (χ2n) is 12.5. The Balaban J connectivity index is 2.08. The summed E-state index contributed by atoms with van der Waals surface area (Å²) in [5.74, 6) is -3.28. The average molecular weight is 738 g/mol. The van der Waals surface area contributed by atoms with Crippen molar-refractivity contribution in [2.45, 2.75) is 72.2 Å². The van der Waals surface area contributed by atoms with Crippen LogP contribution in [-0.4, -0.2) is 77.8 Å². The number of hydrogen-bond acceptors (Lipinski definition) is 13. The van der Waals surface area contributed by atoms with Gasteiger partial charge in [0.2, 0.25) is 0 Å². The largest absolute Gasteiger partial charge is 0.464 e. The molecule has 0 unspecified atom stereocenters. The number of nitrogens with zero attached hydrogens (tertiary/aromatic N) is 3. The van der Waals surface area contributed by atoms with Crippen molar-refractivity contribution in [1.29, 1.82) is 0 Å². The lowest BCUT2D eigenvalue weighted by molar-refractivity contribution is -0.211. The predicted octanol–water partition coefficient (Wildman–Crippen LogP) is 5.25. The number of nitrogens with two attached hydrogens (primary N) is 1. The van der Waals surface area contributed by atoms with Crippen LogP contribution in [0.4, 0.5) is 10.2 Å². The smallest absolute Gasteiger partial charge is 0.459 e. The fourth-order valence-corrected chi connectivity index (χ4v) is 6.04. The highest BCUT2D eigenvalue weighted by atomic mass is 31.2. The first kappa shape index (κ1) is 41.3. The molecule has 0 spiro atoms. The van der Waals surface area contributed by atoms with Crippen LogP contribution in [0.1, 0.15) is 66.2 Å². The summed E-state index contributed by atoms with van der Waals surface area (Å²) in [5, 5.41) is 6.71. The Hall–Kier alpha value is -4.11. The van der Waals surface area contributed by atoms with Crippen molar-refractivity contribution in [3.63, 3.8) is 0 Å². The summed E-state index contributed by atoms with van der Waals surface area (Å²) in [6.07, 6.45) is -0.570. The number of hydrogen-bond donors (Lipinski definition) is 2. The molecule has 0 aliphatic heterocycles. The number of halogens is 1. The zero-order valence-electron chi connectivity index (χ0n) is 30.1. The number of carbonyl (C=O) groups is 3. The Morgan fingerprint density at radius 1 is 1.00 bits per heavy atom. The number of benzene rings is 1. The van der Waals surface area contributed by atoms with Gasteiger partial charge in [-0.3, -0.25) is 18.9 Å². The summed E-state index contributed by atoms with van der Waals surface area (Å²) >= 11 is 0. The van der Waals surface area contributed by atoms with Crippen LogP contribution in [0.25, 0.3) is 5.52 Å². The van der Waals surface area contributed by atoms with Crippen molar-refractivity contribution >= 4 is 37.0 Å². The van der Waals surface area contributed by atoms with Crippen molar-refractivity contribution in [2.24, 2.45) is 17.8 Å². The van der Waals surface area contributed by atoms with E-state index in [0.29, 0.717) is 5.52 Å². The third kappa shape index (κ3) is 10.9. The average Bonchev–Trinajstić information content (AvgIpc) is 3.55. The van der Waals surface area contributed by atoms with Gasteiger partial charge >= 0.3 is 25.7 Å². The topological polar surface area (TPSA) is 192 Å². The second kappa shape index (κ2) is 18.9. The molecule has 3 rings (SSSR count). The first-order valence-electron chi connectivity index (χ1n) is 16.7. The lowest BCUT2D eigenvalue weighted by Crippen LogP contribution is -2.56. The molecule has 15 nitrogen and oxygen atoms in total. The number of nitrogens with one attached hydrogen (secondary N) is 1. The minimum absolute atomic E-state index is 0.0938. The number of nitrogen functional groups attached to an aromatic ring is 1. The summed E-state index contributed by atoms with van der Waals surface area (Å²) in [6.45, 7) is 7.53. The quantitative estimate of drug-likeness (QED) is 0.0819. The van der Waals surface area contributed by atoms with E-state index >= 15 is 4.39 Å². The van der Waals surface area contributed by atoms with E-state index in [1.807, 2.05) is 13.8 Å². The van der Waals surface area contributed by atoms with Gasteiger partial charge in [-0.25, -0.2) is 23.5 Å². The van der Waals surface area contributed by atoms with E-state index in [1.54, 1.807) is 52.0 Å². The van der Waals surface area contributed by atoms with Crippen molar-refractivity contribution in [1.82, 2.24) is 19.7 Å². The van der Waals surface area contributed by atoms with Crippen molar-refractivity contribution < 1.29 is 51.3 Å². The molecule has 0 saturated carbocycles. The summed E-state index contributed by atoms with van der Waals surface area (Å²) < 4.78 is 65.6. The van der Waals surface area contributed by atoms with Crippen LogP contribution in [0, 0.1) is 17.8 Å². The maximum absolute atomic E-state index is 15.6. The molecule has 0 bridgehead atoms. The Morgan fingerprint density at radius 2 is 1.65 bits per heavy atom. The molecule has 51 heavy (non-hydrogen) atoms. The molecule has 0 radical (unpaired) electrons. The molecule has 0 aliphatic rings. The van der Waals surface area contributed by atoms with Crippen LogP contribution in [0.2, 0.25) is 0 Å². The van der Waals surface area contributed by atoms with Crippen LogP contribution in [-0.2, 0) is 42.4 Å². The first-order valence-corrected chi connectivity index (χ1v) is 18.3. The van der Waals surface area contributed by atoms with Crippen LogP contribution in [0.15, 0.2) is 48.8 Å². The van der Waals surface area contributed by atoms with E-state index in [9.17, 15) is 18.9 Å². The van der Waals surface area contributed by atoms with Crippen LogP contribution in [0.3, 0.4) is 0 Å². The van der Waals surface area contributed by atoms with Crippen LogP contribution >= 0.6 is 7.75 Å². The molecule has 17 heteroatoms. The predicted molar refractivity (Wildman–Crippen MR) is 185 cm³/mol. The van der Waals surface area contributed by atoms with E-state index in [2.05, 4.69) is 15.2 Å². The normalized spacial score (nSPS) is 15.3. The molecule has 1 aromatic carbocycles. The lowest BCUT2D eigenvalue weighted by Gasteiger charge is -2.40. The molecular weight excluding hydrogens is 688 g/mol. The maximum atomic E-state index is 15.6. The molecule has 282 valence electrons. The molecule has 4 atom stereocenters. The molecule has 3 N–H and O–H groups in total. The van der Waals surface area contributed by atoms with Gasteiger partial charge in [-0.15, -0.1) is 0 Å². The Morgan fingerprint density at radius 3 is 2.24 bits per heavy atom.